The number of para-hydroxylation sites is 2. The highest BCUT2D eigenvalue weighted by atomic mass is 32.1. The first-order chi connectivity index (χ1) is 15.5. The number of alkyl halides is 2. The Morgan fingerprint density at radius 3 is 2.56 bits per heavy atom. The van der Waals surface area contributed by atoms with Crippen LogP contribution in [0.5, 0.6) is 11.5 Å². The average Bonchev–Trinajstić information content (AvgIpc) is 3.36. The number of carbonyl (C=O) groups is 1. The van der Waals surface area contributed by atoms with E-state index in [-0.39, 0.29) is 23.4 Å². The Kier molecular flexibility index (Phi) is 5.56. The average molecular weight is 461 g/mol. The number of hydrogen-bond acceptors (Lipinski definition) is 5. The number of nitrogens with one attached hydrogen (secondary N) is 1. The Labute approximate surface area is 188 Å². The number of fused-ring (bicyclic) bond motifs is 2. The number of amides is 1. The highest BCUT2D eigenvalue weighted by molar-refractivity contribution is 7.71. The fourth-order valence-electron chi connectivity index (χ4n) is 4.31. The van der Waals surface area contributed by atoms with Crippen LogP contribution in [-0.4, -0.2) is 39.8 Å². The van der Waals surface area contributed by atoms with Crippen molar-refractivity contribution in [3.8, 4) is 11.5 Å². The topological polar surface area (TPSA) is 60.7 Å². The molecule has 0 atom stereocenters. The summed E-state index contributed by atoms with van der Waals surface area (Å²) in [6.45, 7) is -0.746. The fourth-order valence-corrected chi connectivity index (χ4v) is 4.65. The Bertz CT molecular complexity index is 1220. The van der Waals surface area contributed by atoms with Crippen molar-refractivity contribution in [2.75, 3.05) is 25.2 Å². The van der Waals surface area contributed by atoms with E-state index >= 15 is 0 Å². The number of imidazole rings is 1. The number of aromatic nitrogens is 2. The molecule has 2 aliphatic rings. The van der Waals surface area contributed by atoms with Crippen molar-refractivity contribution in [1.82, 2.24) is 14.0 Å². The van der Waals surface area contributed by atoms with Gasteiger partial charge in [-0.2, -0.15) is 8.78 Å². The minimum atomic E-state index is -2.70. The molecule has 1 N–H and O–H groups in total. The zero-order chi connectivity index (χ0) is 22.2. The van der Waals surface area contributed by atoms with E-state index in [4.69, 9.17) is 21.7 Å². The Morgan fingerprint density at radius 1 is 1.09 bits per heavy atom. The van der Waals surface area contributed by atoms with Crippen molar-refractivity contribution in [3.05, 3.63) is 47.2 Å². The fraction of sp³-hybridized carbons (Fsp3) is 0.364. The lowest BCUT2D eigenvalue weighted by Crippen LogP contribution is -2.39. The first kappa shape index (κ1) is 20.9. The third kappa shape index (κ3) is 3.84. The lowest BCUT2D eigenvalue weighted by molar-refractivity contribution is -0.121. The summed E-state index contributed by atoms with van der Waals surface area (Å²) in [6.07, 6.45) is 1.36. The van der Waals surface area contributed by atoms with E-state index in [9.17, 15) is 13.6 Å². The van der Waals surface area contributed by atoms with Crippen molar-refractivity contribution in [1.29, 1.82) is 0 Å². The molecule has 1 amide bonds. The zero-order valence-electron chi connectivity index (χ0n) is 17.2. The van der Waals surface area contributed by atoms with Crippen molar-refractivity contribution in [2.24, 2.45) is 5.92 Å². The molecule has 32 heavy (non-hydrogen) atoms. The molecule has 7 nitrogen and oxygen atoms in total. The van der Waals surface area contributed by atoms with Gasteiger partial charge in [0.1, 0.15) is 0 Å². The van der Waals surface area contributed by atoms with E-state index in [0.29, 0.717) is 60.8 Å². The maximum atomic E-state index is 13.6. The number of benzene rings is 2. The Balaban J connectivity index is 1.23. The molecular formula is C22H22F2N4O3S. The monoisotopic (exact) mass is 460 g/mol. The summed E-state index contributed by atoms with van der Waals surface area (Å²) in [5, 5.41) is 2.95. The van der Waals surface area contributed by atoms with E-state index in [0.717, 1.165) is 4.57 Å². The summed E-state index contributed by atoms with van der Waals surface area (Å²) in [5.41, 5.74) is 1.78. The second-order valence-corrected chi connectivity index (χ2v) is 8.30. The molecule has 168 valence electrons. The summed E-state index contributed by atoms with van der Waals surface area (Å²) in [6, 6.07) is 12.3. The van der Waals surface area contributed by atoms with Crippen LogP contribution in [0.4, 0.5) is 14.5 Å². The lowest BCUT2D eigenvalue weighted by Gasteiger charge is -2.31. The minimum absolute atomic E-state index is 0.0329. The van der Waals surface area contributed by atoms with Crippen LogP contribution in [0.1, 0.15) is 19.4 Å². The number of halogens is 2. The summed E-state index contributed by atoms with van der Waals surface area (Å²) < 4.78 is 40.5. The van der Waals surface area contributed by atoms with Crippen LogP contribution in [0.25, 0.3) is 11.0 Å². The molecule has 5 rings (SSSR count). The largest absolute Gasteiger partial charge is 0.454 e. The van der Waals surface area contributed by atoms with Crippen molar-refractivity contribution >= 4 is 34.8 Å². The molecule has 2 aromatic carbocycles. The van der Waals surface area contributed by atoms with Crippen molar-refractivity contribution < 1.29 is 23.0 Å². The number of anilines is 1. The predicted octanol–water partition coefficient (Wildman–Crippen LogP) is 4.60. The van der Waals surface area contributed by atoms with E-state index in [2.05, 4.69) is 10.2 Å². The van der Waals surface area contributed by atoms with Gasteiger partial charge in [-0.15, -0.1) is 0 Å². The van der Waals surface area contributed by atoms with Crippen molar-refractivity contribution in [2.45, 2.75) is 26.1 Å². The van der Waals surface area contributed by atoms with Gasteiger partial charge in [0.05, 0.1) is 17.7 Å². The van der Waals surface area contributed by atoms with Gasteiger partial charge in [-0.3, -0.25) is 14.3 Å². The van der Waals surface area contributed by atoms with E-state index in [1.165, 1.54) is 0 Å². The molecule has 0 unspecified atom stereocenters. The van der Waals surface area contributed by atoms with Gasteiger partial charge >= 0.3 is 6.55 Å². The molecule has 3 heterocycles. The third-order valence-corrected chi connectivity index (χ3v) is 6.42. The summed E-state index contributed by atoms with van der Waals surface area (Å²) in [5.74, 6) is 1.14. The van der Waals surface area contributed by atoms with E-state index in [1.807, 2.05) is 6.07 Å². The molecule has 0 bridgehead atoms. The SMILES string of the molecule is O=C(Nc1ccc2c(c1)OCO2)C1CCN(Cn2c(=S)n(C(F)F)c3ccccc32)CC1. The van der Waals surface area contributed by atoms with Gasteiger partial charge in [0, 0.05) is 30.8 Å². The first-order valence-electron chi connectivity index (χ1n) is 10.4. The molecule has 1 aromatic heterocycles. The molecular weight excluding hydrogens is 438 g/mol. The smallest absolute Gasteiger partial charge is 0.321 e. The number of ether oxygens (including phenoxy) is 2. The predicted molar refractivity (Wildman–Crippen MR) is 118 cm³/mol. The second kappa shape index (κ2) is 8.51. The van der Waals surface area contributed by atoms with Gasteiger partial charge in [-0.25, -0.2) is 0 Å². The Hall–Kier alpha value is -2.98. The van der Waals surface area contributed by atoms with Gasteiger partial charge in [0.2, 0.25) is 12.7 Å². The number of nitrogens with zero attached hydrogens (tertiary/aromatic N) is 3. The second-order valence-electron chi connectivity index (χ2n) is 7.94. The lowest BCUT2D eigenvalue weighted by atomic mass is 9.96. The maximum Gasteiger partial charge on any atom is 0.321 e. The number of carbonyl (C=O) groups excluding carboxylic acids is 1. The van der Waals surface area contributed by atoms with Gasteiger partial charge in [-0.1, -0.05) is 12.1 Å². The molecule has 1 fully saturated rings. The van der Waals surface area contributed by atoms with E-state index < -0.39 is 6.55 Å². The van der Waals surface area contributed by atoms with Crippen LogP contribution >= 0.6 is 12.2 Å². The zero-order valence-corrected chi connectivity index (χ0v) is 18.0. The highest BCUT2D eigenvalue weighted by Crippen LogP contribution is 2.34. The van der Waals surface area contributed by atoms with Crippen molar-refractivity contribution in [3.63, 3.8) is 0 Å². The molecule has 10 heteroatoms. The normalized spacial score (nSPS) is 16.7. The van der Waals surface area contributed by atoms with E-state index in [1.54, 1.807) is 41.0 Å². The van der Waals surface area contributed by atoms with Crippen LogP contribution < -0.4 is 14.8 Å². The van der Waals surface area contributed by atoms with Crippen LogP contribution in [0.3, 0.4) is 0 Å². The number of rotatable bonds is 5. The van der Waals surface area contributed by atoms with Crippen LogP contribution in [-0.2, 0) is 11.5 Å². The van der Waals surface area contributed by atoms with Crippen LogP contribution in [0.2, 0.25) is 0 Å². The summed E-state index contributed by atoms with van der Waals surface area (Å²) in [4.78, 5) is 14.9. The first-order valence-corrected chi connectivity index (χ1v) is 10.8. The van der Waals surface area contributed by atoms with Crippen LogP contribution in [0, 0.1) is 10.7 Å². The number of likely N-dealkylation sites (tertiary alicyclic amines) is 1. The highest BCUT2D eigenvalue weighted by Gasteiger charge is 2.27. The number of piperidine rings is 1. The molecule has 0 spiro atoms. The Morgan fingerprint density at radius 2 is 1.81 bits per heavy atom. The minimum Gasteiger partial charge on any atom is -0.454 e. The van der Waals surface area contributed by atoms with Crippen LogP contribution in [0.15, 0.2) is 42.5 Å². The molecule has 1 saturated heterocycles. The molecule has 0 radical (unpaired) electrons. The van der Waals surface area contributed by atoms with Gasteiger partial charge in [0.15, 0.2) is 16.3 Å². The molecule has 0 aliphatic carbocycles. The maximum absolute atomic E-state index is 13.6. The quantitative estimate of drug-likeness (QED) is 0.564. The van der Waals surface area contributed by atoms with Gasteiger partial charge in [-0.05, 0) is 49.3 Å². The molecule has 2 aliphatic heterocycles. The number of hydrogen-bond donors (Lipinski definition) is 1. The standard InChI is InChI=1S/C22H22F2N4O3S/c23-21(24)28-17-4-2-1-3-16(17)27(22(28)32)12-26-9-7-14(8-10-26)20(29)25-15-5-6-18-19(11-15)31-13-30-18/h1-6,11,14,21H,7-10,12-13H2,(H,25,29). The van der Waals surface area contributed by atoms with Gasteiger partial charge in [0.25, 0.3) is 0 Å². The summed E-state index contributed by atoms with van der Waals surface area (Å²) >= 11 is 5.35. The van der Waals surface area contributed by atoms with Gasteiger partial charge < -0.3 is 19.4 Å². The third-order valence-electron chi connectivity index (χ3n) is 6.00. The molecule has 3 aromatic rings. The molecule has 0 saturated carbocycles. The summed E-state index contributed by atoms with van der Waals surface area (Å²) in [7, 11) is 0.